The maximum atomic E-state index is 5.54. The second-order valence-corrected chi connectivity index (χ2v) is 6.51. The first-order valence-corrected chi connectivity index (χ1v) is 9.00. The Hall–Kier alpha value is -2.07. The van der Waals surface area contributed by atoms with E-state index >= 15 is 0 Å². The first kappa shape index (κ1) is 16.8. The van der Waals surface area contributed by atoms with Crippen LogP contribution in [0.4, 0.5) is 0 Å². The van der Waals surface area contributed by atoms with Crippen molar-refractivity contribution in [3.63, 3.8) is 0 Å². The van der Waals surface area contributed by atoms with E-state index in [9.17, 15) is 0 Å². The SMILES string of the molecule is Cc1ccc2nc(-c3ccoc3)c(CCCCCCCCN)n2c1. The highest BCUT2D eigenvalue weighted by molar-refractivity contribution is 5.65. The van der Waals surface area contributed by atoms with Crippen molar-refractivity contribution in [1.29, 1.82) is 0 Å². The number of nitrogens with two attached hydrogens (primary N) is 1. The van der Waals surface area contributed by atoms with E-state index in [0.29, 0.717) is 0 Å². The monoisotopic (exact) mass is 325 g/mol. The van der Waals surface area contributed by atoms with Gasteiger partial charge in [-0.2, -0.15) is 0 Å². The minimum absolute atomic E-state index is 0.815. The van der Waals surface area contributed by atoms with E-state index < -0.39 is 0 Å². The van der Waals surface area contributed by atoms with Crippen molar-refractivity contribution in [3.05, 3.63) is 48.2 Å². The molecule has 3 heterocycles. The number of fused-ring (bicyclic) bond motifs is 1. The zero-order valence-corrected chi connectivity index (χ0v) is 14.5. The fourth-order valence-corrected chi connectivity index (χ4v) is 3.21. The smallest absolute Gasteiger partial charge is 0.137 e. The number of nitrogens with zero attached hydrogens (tertiary/aromatic N) is 2. The van der Waals surface area contributed by atoms with E-state index in [2.05, 4.69) is 29.7 Å². The van der Waals surface area contributed by atoms with E-state index in [0.717, 1.165) is 36.3 Å². The Balaban J connectivity index is 1.73. The zero-order chi connectivity index (χ0) is 16.8. The molecule has 24 heavy (non-hydrogen) atoms. The number of furan rings is 1. The van der Waals surface area contributed by atoms with Gasteiger partial charge in [-0.05, 0) is 50.4 Å². The lowest BCUT2D eigenvalue weighted by Crippen LogP contribution is -1.98. The van der Waals surface area contributed by atoms with Gasteiger partial charge in [0.25, 0.3) is 0 Å². The maximum Gasteiger partial charge on any atom is 0.137 e. The fourth-order valence-electron chi connectivity index (χ4n) is 3.21. The van der Waals surface area contributed by atoms with E-state index in [-0.39, 0.29) is 0 Å². The molecule has 3 aromatic heterocycles. The summed E-state index contributed by atoms with van der Waals surface area (Å²) in [5.41, 5.74) is 11.2. The first-order valence-electron chi connectivity index (χ1n) is 9.00. The molecule has 0 atom stereocenters. The number of hydrogen-bond donors (Lipinski definition) is 1. The fraction of sp³-hybridized carbons (Fsp3) is 0.450. The Morgan fingerprint density at radius 1 is 1.04 bits per heavy atom. The van der Waals surface area contributed by atoms with Crippen LogP contribution in [0.1, 0.15) is 49.8 Å². The Bertz CT molecular complexity index is 759. The average Bonchev–Trinajstić information content (AvgIpc) is 3.22. The number of imidazole rings is 1. The van der Waals surface area contributed by atoms with Gasteiger partial charge in [0, 0.05) is 11.8 Å². The highest BCUT2D eigenvalue weighted by atomic mass is 16.3. The van der Waals surface area contributed by atoms with Crippen molar-refractivity contribution in [2.75, 3.05) is 6.54 Å². The van der Waals surface area contributed by atoms with Gasteiger partial charge in [-0.15, -0.1) is 0 Å². The van der Waals surface area contributed by atoms with Crippen molar-refractivity contribution in [2.24, 2.45) is 5.73 Å². The summed E-state index contributed by atoms with van der Waals surface area (Å²) >= 11 is 0. The van der Waals surface area contributed by atoms with Crippen LogP contribution in [0.3, 0.4) is 0 Å². The van der Waals surface area contributed by atoms with Crippen LogP contribution in [0, 0.1) is 6.92 Å². The van der Waals surface area contributed by atoms with Crippen molar-refractivity contribution < 1.29 is 4.42 Å². The van der Waals surface area contributed by atoms with Crippen LogP contribution in [-0.2, 0) is 6.42 Å². The lowest BCUT2D eigenvalue weighted by Gasteiger charge is -2.05. The minimum atomic E-state index is 0.815. The van der Waals surface area contributed by atoms with E-state index in [1.54, 1.807) is 12.5 Å². The molecule has 2 N–H and O–H groups in total. The lowest BCUT2D eigenvalue weighted by molar-refractivity contribution is 0.568. The van der Waals surface area contributed by atoms with Gasteiger partial charge in [-0.1, -0.05) is 31.7 Å². The van der Waals surface area contributed by atoms with Gasteiger partial charge in [0.2, 0.25) is 0 Å². The van der Waals surface area contributed by atoms with Crippen LogP contribution in [0.2, 0.25) is 0 Å². The molecule has 0 spiro atoms. The standard InChI is InChI=1S/C20H27N3O/c1-16-9-10-19-22-20(17-11-13-24-15-17)18(23(19)14-16)8-6-4-2-3-5-7-12-21/h9-11,13-15H,2-8,12,21H2,1H3. The van der Waals surface area contributed by atoms with Crippen LogP contribution in [-0.4, -0.2) is 15.9 Å². The summed E-state index contributed by atoms with van der Waals surface area (Å²) in [4.78, 5) is 4.82. The number of aryl methyl sites for hydroxylation is 2. The highest BCUT2D eigenvalue weighted by Gasteiger charge is 2.14. The molecule has 0 amide bonds. The number of unbranched alkanes of at least 4 members (excludes halogenated alkanes) is 5. The normalized spacial score (nSPS) is 11.4. The predicted octanol–water partition coefficient (Wildman–Crippen LogP) is 4.74. The molecule has 0 saturated carbocycles. The molecular formula is C20H27N3O. The van der Waals surface area contributed by atoms with Crippen LogP contribution >= 0.6 is 0 Å². The molecule has 4 nitrogen and oxygen atoms in total. The third-order valence-electron chi connectivity index (χ3n) is 4.53. The molecule has 0 radical (unpaired) electrons. The second kappa shape index (κ2) is 8.15. The van der Waals surface area contributed by atoms with Gasteiger partial charge < -0.3 is 14.6 Å². The van der Waals surface area contributed by atoms with Crippen molar-refractivity contribution in [3.8, 4) is 11.3 Å². The molecule has 0 fully saturated rings. The van der Waals surface area contributed by atoms with Crippen LogP contribution in [0.15, 0.2) is 41.3 Å². The second-order valence-electron chi connectivity index (χ2n) is 6.51. The summed E-state index contributed by atoms with van der Waals surface area (Å²) in [5.74, 6) is 0. The quantitative estimate of drug-likeness (QED) is 0.578. The highest BCUT2D eigenvalue weighted by Crippen LogP contribution is 2.27. The van der Waals surface area contributed by atoms with Crippen LogP contribution in [0.5, 0.6) is 0 Å². The van der Waals surface area contributed by atoms with Gasteiger partial charge in [-0.25, -0.2) is 4.98 Å². The largest absolute Gasteiger partial charge is 0.472 e. The third kappa shape index (κ3) is 3.88. The maximum absolute atomic E-state index is 5.54. The van der Waals surface area contributed by atoms with Crippen LogP contribution in [0.25, 0.3) is 16.9 Å². The number of aromatic nitrogens is 2. The van der Waals surface area contributed by atoms with E-state index in [4.69, 9.17) is 15.1 Å². The van der Waals surface area contributed by atoms with Gasteiger partial charge in [0.15, 0.2) is 0 Å². The molecule has 0 unspecified atom stereocenters. The summed E-state index contributed by atoms with van der Waals surface area (Å²) < 4.78 is 7.51. The van der Waals surface area contributed by atoms with Crippen molar-refractivity contribution in [1.82, 2.24) is 9.38 Å². The summed E-state index contributed by atoms with van der Waals surface area (Å²) in [6.45, 7) is 2.94. The molecule has 0 saturated heterocycles. The zero-order valence-electron chi connectivity index (χ0n) is 14.5. The van der Waals surface area contributed by atoms with E-state index in [1.807, 2.05) is 6.07 Å². The summed E-state index contributed by atoms with van der Waals surface area (Å²) in [6.07, 6.45) is 14.2. The first-order chi connectivity index (χ1) is 11.8. The minimum Gasteiger partial charge on any atom is -0.472 e. The molecular weight excluding hydrogens is 298 g/mol. The number of hydrogen-bond acceptors (Lipinski definition) is 3. The Morgan fingerprint density at radius 2 is 1.83 bits per heavy atom. The van der Waals surface area contributed by atoms with Crippen LogP contribution < -0.4 is 5.73 Å². The van der Waals surface area contributed by atoms with E-state index in [1.165, 1.54) is 43.4 Å². The topological polar surface area (TPSA) is 56.5 Å². The molecule has 4 heteroatoms. The molecule has 0 aliphatic heterocycles. The number of pyridine rings is 1. The number of rotatable bonds is 9. The Kier molecular flexibility index (Phi) is 5.70. The summed E-state index contributed by atoms with van der Waals surface area (Å²) in [6, 6.07) is 6.20. The lowest BCUT2D eigenvalue weighted by atomic mass is 10.1. The van der Waals surface area contributed by atoms with Crippen molar-refractivity contribution in [2.45, 2.75) is 51.9 Å². The molecule has 0 aromatic carbocycles. The third-order valence-corrected chi connectivity index (χ3v) is 4.53. The summed E-state index contributed by atoms with van der Waals surface area (Å²) in [7, 11) is 0. The molecule has 0 aliphatic carbocycles. The molecule has 3 aromatic rings. The van der Waals surface area contributed by atoms with Gasteiger partial charge >= 0.3 is 0 Å². The predicted molar refractivity (Wildman–Crippen MR) is 98.1 cm³/mol. The Morgan fingerprint density at radius 3 is 2.58 bits per heavy atom. The molecule has 0 bridgehead atoms. The van der Waals surface area contributed by atoms with Gasteiger partial charge in [0.1, 0.15) is 5.65 Å². The Labute approximate surface area is 143 Å². The van der Waals surface area contributed by atoms with Gasteiger partial charge in [-0.3, -0.25) is 0 Å². The average molecular weight is 325 g/mol. The summed E-state index contributed by atoms with van der Waals surface area (Å²) in [5, 5.41) is 0. The van der Waals surface area contributed by atoms with Crippen molar-refractivity contribution >= 4 is 5.65 Å². The molecule has 0 aliphatic rings. The van der Waals surface area contributed by atoms with Gasteiger partial charge in [0.05, 0.1) is 23.9 Å². The molecule has 128 valence electrons. The molecule has 3 rings (SSSR count).